The van der Waals surface area contributed by atoms with Crippen LogP contribution in [0.15, 0.2) is 65.5 Å². The van der Waals surface area contributed by atoms with Gasteiger partial charge in [-0.15, -0.1) is 0 Å². The van der Waals surface area contributed by atoms with Gasteiger partial charge in [-0.05, 0) is 63.5 Å². The Morgan fingerprint density at radius 3 is 2.70 bits per heavy atom. The maximum Gasteiger partial charge on any atom is 0.338 e. The number of hydrogen-bond acceptors (Lipinski definition) is 4. The molecule has 2 aromatic carbocycles. The Kier molecular flexibility index (Phi) is 5.49. The lowest BCUT2D eigenvalue weighted by molar-refractivity contribution is 0.0526. The maximum atomic E-state index is 12.7. The van der Waals surface area contributed by atoms with Crippen LogP contribution in [0.2, 0.25) is 0 Å². The highest BCUT2D eigenvalue weighted by Crippen LogP contribution is 2.46. The zero-order valence-electron chi connectivity index (χ0n) is 18.0. The number of ether oxygens (including phenoxy) is 2. The molecule has 2 aromatic rings. The number of hydrogen-bond donors (Lipinski definition) is 1. The molecule has 4 nitrogen and oxygen atoms in total. The Balaban J connectivity index is 2.00. The molecule has 2 aliphatic rings. The van der Waals surface area contributed by atoms with Crippen molar-refractivity contribution in [3.05, 3.63) is 87.7 Å². The van der Waals surface area contributed by atoms with E-state index >= 15 is 0 Å². The van der Waals surface area contributed by atoms with Crippen LogP contribution in [0.4, 0.5) is 5.69 Å². The Hall–Kier alpha value is -3.27. The van der Waals surface area contributed by atoms with Crippen molar-refractivity contribution in [1.82, 2.24) is 0 Å². The molecule has 0 aromatic heterocycles. The lowest BCUT2D eigenvalue weighted by Gasteiger charge is -2.29. The molecule has 1 aliphatic carbocycles. The number of benzene rings is 2. The highest BCUT2D eigenvalue weighted by Gasteiger charge is 2.29. The van der Waals surface area contributed by atoms with Gasteiger partial charge in [0.25, 0.3) is 0 Å². The van der Waals surface area contributed by atoms with E-state index in [-0.39, 0.29) is 5.97 Å². The minimum Gasteiger partial charge on any atom is -0.462 e. The molecule has 0 saturated heterocycles. The van der Waals surface area contributed by atoms with Crippen molar-refractivity contribution >= 4 is 17.2 Å². The first-order valence-electron chi connectivity index (χ1n) is 10.5. The normalized spacial score (nSPS) is 14.8. The second kappa shape index (κ2) is 8.23. The van der Waals surface area contributed by atoms with Crippen molar-refractivity contribution < 1.29 is 14.3 Å². The molecule has 0 saturated carbocycles. The number of anilines is 1. The van der Waals surface area contributed by atoms with Gasteiger partial charge in [0.1, 0.15) is 11.5 Å². The Labute approximate surface area is 177 Å². The zero-order valence-corrected chi connectivity index (χ0v) is 18.0. The molecule has 0 amide bonds. The lowest BCUT2D eigenvalue weighted by atomic mass is 9.84. The van der Waals surface area contributed by atoms with E-state index in [1.165, 1.54) is 5.57 Å². The van der Waals surface area contributed by atoms with Gasteiger partial charge in [0.05, 0.1) is 12.2 Å². The first kappa shape index (κ1) is 20.0. The largest absolute Gasteiger partial charge is 0.462 e. The van der Waals surface area contributed by atoms with Crippen molar-refractivity contribution in [2.45, 2.75) is 34.1 Å². The summed E-state index contributed by atoms with van der Waals surface area (Å²) in [4.78, 5) is 12.7. The molecule has 0 radical (unpaired) electrons. The van der Waals surface area contributed by atoms with Crippen LogP contribution >= 0.6 is 0 Å². The summed E-state index contributed by atoms with van der Waals surface area (Å²) in [5, 5.41) is 3.40. The number of aryl methyl sites for hydroxylation is 1. The highest BCUT2D eigenvalue weighted by molar-refractivity contribution is 6.01. The van der Waals surface area contributed by atoms with Gasteiger partial charge in [0.15, 0.2) is 0 Å². The zero-order chi connectivity index (χ0) is 21.3. The van der Waals surface area contributed by atoms with Gasteiger partial charge in [-0.25, -0.2) is 4.79 Å². The summed E-state index contributed by atoms with van der Waals surface area (Å²) in [6.45, 7) is 9.29. The number of fused-ring (bicyclic) bond motifs is 2. The van der Waals surface area contributed by atoms with E-state index in [9.17, 15) is 4.79 Å². The third-order valence-electron chi connectivity index (χ3n) is 5.41. The number of rotatable bonds is 5. The summed E-state index contributed by atoms with van der Waals surface area (Å²) in [5.74, 6) is 1.33. The minimum absolute atomic E-state index is 0.308. The van der Waals surface area contributed by atoms with Gasteiger partial charge >= 0.3 is 5.97 Å². The van der Waals surface area contributed by atoms with E-state index in [4.69, 9.17) is 9.47 Å². The van der Waals surface area contributed by atoms with Crippen LogP contribution < -0.4 is 10.1 Å². The SMILES string of the molecule is CCNc1cc2c(cc1C)C(c1ccccc1C(=O)OCC)=C1C=C(C)CC=C1O2. The second-order valence-corrected chi connectivity index (χ2v) is 7.61. The quantitative estimate of drug-likeness (QED) is 0.621. The minimum atomic E-state index is -0.308. The van der Waals surface area contributed by atoms with Crippen molar-refractivity contribution in [2.75, 3.05) is 18.5 Å². The van der Waals surface area contributed by atoms with Crippen LogP contribution in [0.5, 0.6) is 5.75 Å². The third kappa shape index (κ3) is 3.54. The van der Waals surface area contributed by atoms with Crippen molar-refractivity contribution in [1.29, 1.82) is 0 Å². The fraction of sp³-hybridized carbons (Fsp3) is 0.269. The molecule has 0 fully saturated rings. The summed E-state index contributed by atoms with van der Waals surface area (Å²) in [6.07, 6.45) is 5.14. The summed E-state index contributed by atoms with van der Waals surface area (Å²) in [5.41, 5.74) is 7.89. The second-order valence-electron chi connectivity index (χ2n) is 7.61. The predicted molar refractivity (Wildman–Crippen MR) is 121 cm³/mol. The lowest BCUT2D eigenvalue weighted by Crippen LogP contribution is -2.15. The Morgan fingerprint density at radius 1 is 1.13 bits per heavy atom. The predicted octanol–water partition coefficient (Wildman–Crippen LogP) is 6.03. The van der Waals surface area contributed by atoms with Gasteiger partial charge in [-0.2, -0.15) is 0 Å². The number of carbonyl (C=O) groups is 1. The first-order valence-corrected chi connectivity index (χ1v) is 10.5. The fourth-order valence-electron chi connectivity index (χ4n) is 4.02. The monoisotopic (exact) mass is 401 g/mol. The molecular weight excluding hydrogens is 374 g/mol. The molecule has 0 unspecified atom stereocenters. The number of carbonyl (C=O) groups excluding carboxylic acids is 1. The van der Waals surface area contributed by atoms with Crippen LogP contribution in [0.25, 0.3) is 5.57 Å². The van der Waals surface area contributed by atoms with Crippen LogP contribution in [0, 0.1) is 6.92 Å². The van der Waals surface area contributed by atoms with Crippen LogP contribution in [0.3, 0.4) is 0 Å². The molecule has 1 N–H and O–H groups in total. The van der Waals surface area contributed by atoms with E-state index in [0.29, 0.717) is 12.2 Å². The average molecular weight is 402 g/mol. The molecule has 154 valence electrons. The smallest absolute Gasteiger partial charge is 0.338 e. The van der Waals surface area contributed by atoms with Gasteiger partial charge in [-0.1, -0.05) is 29.8 Å². The summed E-state index contributed by atoms with van der Waals surface area (Å²) < 4.78 is 11.7. The van der Waals surface area contributed by atoms with E-state index in [0.717, 1.165) is 58.0 Å². The molecule has 1 aliphatic heterocycles. The molecule has 0 atom stereocenters. The van der Waals surface area contributed by atoms with Crippen LogP contribution in [0.1, 0.15) is 54.2 Å². The molecule has 4 heteroatoms. The van der Waals surface area contributed by atoms with Gasteiger partial charge < -0.3 is 14.8 Å². The molecule has 4 rings (SSSR count). The summed E-state index contributed by atoms with van der Waals surface area (Å²) in [7, 11) is 0. The fourth-order valence-corrected chi connectivity index (χ4v) is 4.02. The number of esters is 1. The van der Waals surface area contributed by atoms with E-state index in [2.05, 4.69) is 50.4 Å². The highest BCUT2D eigenvalue weighted by atomic mass is 16.5. The van der Waals surface area contributed by atoms with Gasteiger partial charge in [0.2, 0.25) is 0 Å². The van der Waals surface area contributed by atoms with E-state index in [1.54, 1.807) is 0 Å². The third-order valence-corrected chi connectivity index (χ3v) is 5.41. The molecule has 30 heavy (non-hydrogen) atoms. The van der Waals surface area contributed by atoms with Gasteiger partial charge in [-0.3, -0.25) is 0 Å². The molecule has 0 spiro atoms. The standard InChI is InChI=1S/C26H27NO3/c1-5-27-22-15-24-21(14-17(22)4)25(20-13-16(3)11-12-23(20)30-24)18-9-7-8-10-19(18)26(28)29-6-2/h7-10,12-15,27H,5-6,11H2,1-4H3. The average Bonchev–Trinajstić information content (AvgIpc) is 2.73. The summed E-state index contributed by atoms with van der Waals surface area (Å²) in [6, 6.07) is 11.9. The Morgan fingerprint density at radius 2 is 1.93 bits per heavy atom. The summed E-state index contributed by atoms with van der Waals surface area (Å²) >= 11 is 0. The molecule has 0 bridgehead atoms. The van der Waals surface area contributed by atoms with Crippen molar-refractivity contribution in [3.63, 3.8) is 0 Å². The van der Waals surface area contributed by atoms with E-state index in [1.807, 2.05) is 31.2 Å². The van der Waals surface area contributed by atoms with Crippen molar-refractivity contribution in [2.24, 2.45) is 0 Å². The van der Waals surface area contributed by atoms with Gasteiger partial charge in [0, 0.05) is 35.0 Å². The van der Waals surface area contributed by atoms with E-state index < -0.39 is 0 Å². The first-order chi connectivity index (χ1) is 14.5. The van der Waals surface area contributed by atoms with Crippen LogP contribution in [-0.2, 0) is 4.74 Å². The van der Waals surface area contributed by atoms with Crippen LogP contribution in [-0.4, -0.2) is 19.1 Å². The maximum absolute atomic E-state index is 12.7. The topological polar surface area (TPSA) is 47.6 Å². The number of nitrogens with one attached hydrogen (secondary N) is 1. The molecular formula is C26H27NO3. The molecule has 1 heterocycles. The van der Waals surface area contributed by atoms with Crippen molar-refractivity contribution in [3.8, 4) is 5.75 Å². The Bertz CT molecular complexity index is 1110. The number of allylic oxidation sites excluding steroid dienone is 3.